The summed E-state index contributed by atoms with van der Waals surface area (Å²) in [6, 6.07) is 12.9. The van der Waals surface area contributed by atoms with Crippen LogP contribution in [0.1, 0.15) is 25.8 Å². The summed E-state index contributed by atoms with van der Waals surface area (Å²) in [6.07, 6.45) is 0.681. The lowest BCUT2D eigenvalue weighted by molar-refractivity contribution is -0.116. The van der Waals surface area contributed by atoms with Crippen LogP contribution in [-0.2, 0) is 9.59 Å². The van der Waals surface area contributed by atoms with Crippen molar-refractivity contribution in [2.45, 2.75) is 37.3 Å². The molecule has 2 N–H and O–H groups in total. The fraction of sp³-hybridized carbons (Fsp3) is 0.263. The summed E-state index contributed by atoms with van der Waals surface area (Å²) in [5.74, 6) is -0.189. The number of carbonyl (C=O) groups is 2. The lowest BCUT2D eigenvalue weighted by Gasteiger charge is -2.16. The van der Waals surface area contributed by atoms with Crippen molar-refractivity contribution in [3.05, 3.63) is 53.1 Å². The molecule has 1 unspecified atom stereocenters. The van der Waals surface area contributed by atoms with Gasteiger partial charge < -0.3 is 10.6 Å². The second kappa shape index (κ2) is 8.92. The first-order chi connectivity index (χ1) is 11.9. The third-order valence-electron chi connectivity index (χ3n) is 3.62. The molecule has 2 aromatic carbocycles. The molecule has 1 atom stereocenters. The van der Waals surface area contributed by atoms with Crippen LogP contribution in [0.5, 0.6) is 0 Å². The summed E-state index contributed by atoms with van der Waals surface area (Å²) in [5.41, 5.74) is 2.30. The molecule has 0 saturated heterocycles. The smallest absolute Gasteiger partial charge is 0.237 e. The molecule has 0 aliphatic carbocycles. The minimum absolute atomic E-state index is 0.0669. The monoisotopic (exact) mass is 376 g/mol. The first-order valence-electron chi connectivity index (χ1n) is 8.01. The SMILES string of the molecule is CCC(Sc1cccc(NC(C)=O)c1)C(=O)Nc1cccc(Cl)c1C. The topological polar surface area (TPSA) is 58.2 Å². The van der Waals surface area contributed by atoms with Crippen molar-refractivity contribution in [2.75, 3.05) is 10.6 Å². The number of hydrogen-bond donors (Lipinski definition) is 2. The summed E-state index contributed by atoms with van der Waals surface area (Å²) in [4.78, 5) is 24.7. The quantitative estimate of drug-likeness (QED) is 0.688. The summed E-state index contributed by atoms with van der Waals surface area (Å²) >= 11 is 7.58. The predicted octanol–water partition coefficient (Wildman–Crippen LogP) is 5.12. The molecule has 132 valence electrons. The second-order valence-corrected chi connectivity index (χ2v) is 7.31. The fourth-order valence-corrected chi connectivity index (χ4v) is 3.48. The van der Waals surface area contributed by atoms with Gasteiger partial charge in [-0.1, -0.05) is 30.7 Å². The van der Waals surface area contributed by atoms with Gasteiger partial charge >= 0.3 is 0 Å². The molecule has 25 heavy (non-hydrogen) atoms. The molecule has 0 saturated carbocycles. The molecule has 6 heteroatoms. The molecule has 0 radical (unpaired) electrons. The maximum absolute atomic E-state index is 12.6. The van der Waals surface area contributed by atoms with Gasteiger partial charge in [-0.05, 0) is 49.2 Å². The van der Waals surface area contributed by atoms with Crippen LogP contribution in [-0.4, -0.2) is 17.1 Å². The van der Waals surface area contributed by atoms with E-state index in [1.807, 2.05) is 50.2 Å². The van der Waals surface area contributed by atoms with Crippen molar-refractivity contribution in [1.82, 2.24) is 0 Å². The Morgan fingerprint density at radius 1 is 1.16 bits per heavy atom. The Balaban J connectivity index is 2.10. The van der Waals surface area contributed by atoms with E-state index >= 15 is 0 Å². The zero-order valence-electron chi connectivity index (χ0n) is 14.4. The van der Waals surface area contributed by atoms with Gasteiger partial charge in [-0.2, -0.15) is 0 Å². The first-order valence-corrected chi connectivity index (χ1v) is 9.26. The van der Waals surface area contributed by atoms with E-state index in [1.165, 1.54) is 18.7 Å². The minimum atomic E-state index is -0.244. The van der Waals surface area contributed by atoms with Crippen LogP contribution in [0.25, 0.3) is 0 Å². The van der Waals surface area contributed by atoms with Crippen LogP contribution in [0, 0.1) is 6.92 Å². The summed E-state index contributed by atoms with van der Waals surface area (Å²) in [5, 5.41) is 6.09. The largest absolute Gasteiger partial charge is 0.326 e. The minimum Gasteiger partial charge on any atom is -0.326 e. The standard InChI is InChI=1S/C19H21ClN2O2S/c1-4-18(19(24)22-17-10-6-9-16(20)12(17)2)25-15-8-5-7-14(11-15)21-13(3)23/h5-11,18H,4H2,1-3H3,(H,21,23)(H,22,24). The van der Waals surface area contributed by atoms with Crippen molar-refractivity contribution in [2.24, 2.45) is 0 Å². The highest BCUT2D eigenvalue weighted by Gasteiger charge is 2.19. The lowest BCUT2D eigenvalue weighted by Crippen LogP contribution is -2.25. The van der Waals surface area contributed by atoms with Gasteiger partial charge in [0.1, 0.15) is 0 Å². The Hall–Kier alpha value is -1.98. The Labute approximate surface area is 157 Å². The number of anilines is 2. The summed E-state index contributed by atoms with van der Waals surface area (Å²) in [6.45, 7) is 5.32. The molecule has 0 bridgehead atoms. The second-order valence-electron chi connectivity index (χ2n) is 5.63. The van der Waals surface area contributed by atoms with E-state index in [0.717, 1.165) is 21.8 Å². The van der Waals surface area contributed by atoms with Gasteiger partial charge in [-0.3, -0.25) is 9.59 Å². The highest BCUT2D eigenvalue weighted by molar-refractivity contribution is 8.00. The molecular formula is C19H21ClN2O2S. The molecule has 2 aromatic rings. The van der Waals surface area contributed by atoms with E-state index < -0.39 is 0 Å². The van der Waals surface area contributed by atoms with Gasteiger partial charge in [-0.15, -0.1) is 11.8 Å². The van der Waals surface area contributed by atoms with E-state index in [1.54, 1.807) is 6.07 Å². The maximum atomic E-state index is 12.6. The molecule has 0 aromatic heterocycles. The average molecular weight is 377 g/mol. The number of amides is 2. The number of nitrogens with one attached hydrogen (secondary N) is 2. The number of benzene rings is 2. The number of carbonyl (C=O) groups excluding carboxylic acids is 2. The fourth-order valence-electron chi connectivity index (χ4n) is 2.29. The van der Waals surface area contributed by atoms with Crippen molar-refractivity contribution >= 4 is 46.6 Å². The van der Waals surface area contributed by atoms with Gasteiger partial charge in [0.25, 0.3) is 0 Å². The Kier molecular flexibility index (Phi) is 6.91. The molecular weight excluding hydrogens is 356 g/mol. The van der Waals surface area contributed by atoms with Gasteiger partial charge in [-0.25, -0.2) is 0 Å². The van der Waals surface area contributed by atoms with Crippen LogP contribution < -0.4 is 10.6 Å². The van der Waals surface area contributed by atoms with Crippen molar-refractivity contribution in [3.63, 3.8) is 0 Å². The van der Waals surface area contributed by atoms with E-state index in [0.29, 0.717) is 11.4 Å². The highest BCUT2D eigenvalue weighted by atomic mass is 35.5. The predicted molar refractivity (Wildman–Crippen MR) is 106 cm³/mol. The van der Waals surface area contributed by atoms with Gasteiger partial charge in [0, 0.05) is 28.2 Å². The molecule has 4 nitrogen and oxygen atoms in total. The van der Waals surface area contributed by atoms with E-state index in [9.17, 15) is 9.59 Å². The lowest BCUT2D eigenvalue weighted by atomic mass is 10.2. The maximum Gasteiger partial charge on any atom is 0.237 e. The number of thioether (sulfide) groups is 1. The third-order valence-corrected chi connectivity index (χ3v) is 5.39. The van der Waals surface area contributed by atoms with E-state index in [4.69, 9.17) is 11.6 Å². The number of rotatable bonds is 6. The Morgan fingerprint density at radius 2 is 1.88 bits per heavy atom. The average Bonchev–Trinajstić information content (AvgIpc) is 2.56. The molecule has 0 aliphatic rings. The van der Waals surface area contributed by atoms with Crippen molar-refractivity contribution in [1.29, 1.82) is 0 Å². The molecule has 0 fully saturated rings. The Bertz CT molecular complexity index is 780. The molecule has 0 heterocycles. The molecule has 2 amide bonds. The van der Waals surface area contributed by atoms with Crippen LogP contribution >= 0.6 is 23.4 Å². The number of hydrogen-bond acceptors (Lipinski definition) is 3. The van der Waals surface area contributed by atoms with E-state index in [-0.39, 0.29) is 17.1 Å². The van der Waals surface area contributed by atoms with Crippen LogP contribution in [0.4, 0.5) is 11.4 Å². The van der Waals surface area contributed by atoms with Crippen LogP contribution in [0.2, 0.25) is 5.02 Å². The summed E-state index contributed by atoms with van der Waals surface area (Å²) in [7, 11) is 0. The van der Waals surface area contributed by atoms with E-state index in [2.05, 4.69) is 10.6 Å². The van der Waals surface area contributed by atoms with Crippen LogP contribution in [0.15, 0.2) is 47.4 Å². The first kappa shape index (κ1) is 19.3. The molecule has 2 rings (SSSR count). The summed E-state index contributed by atoms with van der Waals surface area (Å²) < 4.78 is 0. The zero-order valence-corrected chi connectivity index (χ0v) is 16.0. The highest BCUT2D eigenvalue weighted by Crippen LogP contribution is 2.29. The van der Waals surface area contributed by atoms with Crippen molar-refractivity contribution in [3.8, 4) is 0 Å². The van der Waals surface area contributed by atoms with Gasteiger partial charge in [0.2, 0.25) is 11.8 Å². The third kappa shape index (κ3) is 5.51. The zero-order chi connectivity index (χ0) is 18.4. The molecule has 0 spiro atoms. The van der Waals surface area contributed by atoms with Crippen LogP contribution in [0.3, 0.4) is 0 Å². The van der Waals surface area contributed by atoms with Gasteiger partial charge in [0.05, 0.1) is 5.25 Å². The molecule has 0 aliphatic heterocycles. The van der Waals surface area contributed by atoms with Gasteiger partial charge in [0.15, 0.2) is 0 Å². The number of halogens is 1. The Morgan fingerprint density at radius 3 is 2.56 bits per heavy atom. The van der Waals surface area contributed by atoms with Crippen molar-refractivity contribution < 1.29 is 9.59 Å². The normalized spacial score (nSPS) is 11.7.